The lowest BCUT2D eigenvalue weighted by atomic mass is 10.6. The van der Waals surface area contributed by atoms with Gasteiger partial charge in [0.25, 0.3) is 0 Å². The van der Waals surface area contributed by atoms with E-state index in [1.165, 1.54) is 23.3 Å². The summed E-state index contributed by atoms with van der Waals surface area (Å²) >= 11 is 3.90. The van der Waals surface area contributed by atoms with Crippen molar-refractivity contribution in [2.24, 2.45) is 4.99 Å². The van der Waals surface area contributed by atoms with Gasteiger partial charge >= 0.3 is 0 Å². The molecule has 1 fully saturated rings. The second-order valence-corrected chi connectivity index (χ2v) is 5.28. The molecule has 0 atom stereocenters. The number of likely N-dealkylation sites (N-methyl/N-ethyl adjacent to an activating group) is 1. The number of amidine groups is 1. The van der Waals surface area contributed by atoms with E-state index in [1.54, 1.807) is 0 Å². The third kappa shape index (κ3) is 2.54. The van der Waals surface area contributed by atoms with Crippen LogP contribution in [0.1, 0.15) is 0 Å². The summed E-state index contributed by atoms with van der Waals surface area (Å²) < 4.78 is 0. The minimum absolute atomic E-state index is 0.980. The van der Waals surface area contributed by atoms with Gasteiger partial charge in [-0.25, -0.2) is 0 Å². The van der Waals surface area contributed by atoms with E-state index in [9.17, 15) is 0 Å². The first kappa shape index (κ1) is 9.68. The zero-order valence-corrected chi connectivity index (χ0v) is 9.53. The average molecular weight is 217 g/mol. The van der Waals surface area contributed by atoms with Gasteiger partial charge in [-0.15, -0.1) is 11.8 Å². The molecular weight excluding hydrogens is 202 g/mol. The van der Waals surface area contributed by atoms with Crippen LogP contribution >= 0.6 is 23.5 Å². The lowest BCUT2D eigenvalue weighted by Crippen LogP contribution is -2.24. The summed E-state index contributed by atoms with van der Waals surface area (Å²) in [5.74, 6) is 3.60. The summed E-state index contributed by atoms with van der Waals surface area (Å²) in [4.78, 5) is 9.17. The van der Waals surface area contributed by atoms with Crippen molar-refractivity contribution >= 4 is 28.7 Å². The topological polar surface area (TPSA) is 18.8 Å². The van der Waals surface area contributed by atoms with Gasteiger partial charge in [0.15, 0.2) is 5.17 Å². The SMILES string of the molecule is CN1CCN=C1SCN1CCSC1. The quantitative estimate of drug-likeness (QED) is 0.686. The molecule has 1 saturated heterocycles. The van der Waals surface area contributed by atoms with Gasteiger partial charge in [0.2, 0.25) is 0 Å². The second-order valence-electron chi connectivity index (χ2n) is 3.29. The molecule has 0 bridgehead atoms. The largest absolute Gasteiger partial charge is 0.353 e. The van der Waals surface area contributed by atoms with E-state index in [2.05, 4.69) is 21.8 Å². The van der Waals surface area contributed by atoms with Gasteiger partial charge in [-0.3, -0.25) is 9.89 Å². The van der Waals surface area contributed by atoms with Gasteiger partial charge in [-0.1, -0.05) is 11.8 Å². The Morgan fingerprint density at radius 3 is 3.08 bits per heavy atom. The van der Waals surface area contributed by atoms with Crippen LogP contribution in [0.5, 0.6) is 0 Å². The number of thioether (sulfide) groups is 2. The third-order valence-corrected chi connectivity index (χ3v) is 4.42. The number of aliphatic imine (C=N–C) groups is 1. The van der Waals surface area contributed by atoms with Crippen molar-refractivity contribution in [1.29, 1.82) is 0 Å². The number of nitrogens with zero attached hydrogens (tertiary/aromatic N) is 3. The first-order valence-corrected chi connectivity index (χ1v) is 6.69. The highest BCUT2D eigenvalue weighted by Gasteiger charge is 2.16. The number of rotatable bonds is 2. The van der Waals surface area contributed by atoms with Crippen LogP contribution in [0.15, 0.2) is 4.99 Å². The molecular formula is C8H15N3S2. The van der Waals surface area contributed by atoms with E-state index in [4.69, 9.17) is 0 Å². The highest BCUT2D eigenvalue weighted by Crippen LogP contribution is 2.19. The van der Waals surface area contributed by atoms with E-state index in [-0.39, 0.29) is 0 Å². The zero-order chi connectivity index (χ0) is 9.10. The molecule has 0 aliphatic carbocycles. The lowest BCUT2D eigenvalue weighted by Gasteiger charge is -2.16. The Hall–Kier alpha value is 0.130. The molecule has 2 aliphatic rings. The van der Waals surface area contributed by atoms with E-state index < -0.39 is 0 Å². The molecule has 0 aromatic heterocycles. The fourth-order valence-electron chi connectivity index (χ4n) is 1.37. The van der Waals surface area contributed by atoms with Crippen LogP contribution in [0.2, 0.25) is 0 Å². The van der Waals surface area contributed by atoms with E-state index in [0.717, 1.165) is 19.0 Å². The van der Waals surface area contributed by atoms with Gasteiger partial charge in [0.05, 0.1) is 12.4 Å². The average Bonchev–Trinajstić information content (AvgIpc) is 2.72. The standard InChI is InChI=1S/C8H15N3S2/c1-10-3-2-9-8(10)13-7-11-4-5-12-6-11/h2-7H2,1H3. The maximum Gasteiger partial charge on any atom is 0.160 e. The summed E-state index contributed by atoms with van der Waals surface area (Å²) in [5, 5.41) is 1.22. The van der Waals surface area contributed by atoms with Gasteiger partial charge < -0.3 is 4.90 Å². The van der Waals surface area contributed by atoms with Crippen molar-refractivity contribution < 1.29 is 0 Å². The molecule has 0 amide bonds. The molecule has 0 spiro atoms. The van der Waals surface area contributed by atoms with Crippen LogP contribution in [0.4, 0.5) is 0 Å². The van der Waals surface area contributed by atoms with Crippen LogP contribution < -0.4 is 0 Å². The Balaban J connectivity index is 1.72. The molecule has 0 aromatic carbocycles. The van der Waals surface area contributed by atoms with Crippen molar-refractivity contribution in [3.05, 3.63) is 0 Å². The predicted octanol–water partition coefficient (Wildman–Crippen LogP) is 0.985. The van der Waals surface area contributed by atoms with Crippen molar-refractivity contribution in [1.82, 2.24) is 9.80 Å². The summed E-state index contributed by atoms with van der Waals surface area (Å²) in [6, 6.07) is 0. The summed E-state index contributed by atoms with van der Waals surface area (Å²) in [6.07, 6.45) is 0. The van der Waals surface area contributed by atoms with Gasteiger partial charge in [0, 0.05) is 31.8 Å². The number of hydrogen-bond donors (Lipinski definition) is 0. The first-order chi connectivity index (χ1) is 6.36. The van der Waals surface area contributed by atoms with Crippen LogP contribution in [-0.2, 0) is 0 Å². The van der Waals surface area contributed by atoms with Gasteiger partial charge in [-0.05, 0) is 0 Å². The zero-order valence-electron chi connectivity index (χ0n) is 7.90. The first-order valence-electron chi connectivity index (χ1n) is 4.55. The van der Waals surface area contributed by atoms with Crippen molar-refractivity contribution in [3.63, 3.8) is 0 Å². The van der Waals surface area contributed by atoms with Crippen LogP contribution in [0.25, 0.3) is 0 Å². The van der Waals surface area contributed by atoms with Gasteiger partial charge in [-0.2, -0.15) is 0 Å². The van der Waals surface area contributed by atoms with E-state index >= 15 is 0 Å². The summed E-state index contributed by atoms with van der Waals surface area (Å²) in [7, 11) is 2.12. The molecule has 0 unspecified atom stereocenters. The van der Waals surface area contributed by atoms with Crippen LogP contribution in [0, 0.1) is 0 Å². The monoisotopic (exact) mass is 217 g/mol. The minimum Gasteiger partial charge on any atom is -0.353 e. The molecule has 2 aliphatic heterocycles. The molecule has 74 valence electrons. The summed E-state index contributed by atoms with van der Waals surface area (Å²) in [6.45, 7) is 3.32. The molecule has 2 heterocycles. The Bertz CT molecular complexity index is 202. The molecule has 5 heteroatoms. The molecule has 2 rings (SSSR count). The highest BCUT2D eigenvalue weighted by molar-refractivity contribution is 8.13. The Morgan fingerprint density at radius 1 is 1.54 bits per heavy atom. The minimum atomic E-state index is 0.980. The summed E-state index contributed by atoms with van der Waals surface area (Å²) in [5.41, 5.74) is 0. The van der Waals surface area contributed by atoms with Crippen LogP contribution in [-0.4, -0.2) is 59.2 Å². The second kappa shape index (κ2) is 4.57. The van der Waals surface area contributed by atoms with Gasteiger partial charge in [0.1, 0.15) is 0 Å². The lowest BCUT2D eigenvalue weighted by molar-refractivity contribution is 0.421. The maximum absolute atomic E-state index is 4.45. The van der Waals surface area contributed by atoms with Crippen molar-refractivity contribution in [2.45, 2.75) is 0 Å². The Kier molecular flexibility index (Phi) is 3.40. The maximum atomic E-state index is 4.45. The predicted molar refractivity (Wildman–Crippen MR) is 61.4 cm³/mol. The smallest absolute Gasteiger partial charge is 0.160 e. The highest BCUT2D eigenvalue weighted by atomic mass is 32.2. The molecule has 13 heavy (non-hydrogen) atoms. The molecule has 0 aromatic rings. The normalized spacial score (nSPS) is 24.1. The fraction of sp³-hybridized carbons (Fsp3) is 0.875. The van der Waals surface area contributed by atoms with E-state index in [1.807, 2.05) is 23.5 Å². The fourth-order valence-corrected chi connectivity index (χ4v) is 3.49. The third-order valence-electron chi connectivity index (χ3n) is 2.21. The molecule has 0 radical (unpaired) electrons. The molecule has 0 N–H and O–H groups in total. The van der Waals surface area contributed by atoms with Crippen molar-refractivity contribution in [3.8, 4) is 0 Å². The van der Waals surface area contributed by atoms with E-state index in [0.29, 0.717) is 0 Å². The van der Waals surface area contributed by atoms with Crippen LogP contribution in [0.3, 0.4) is 0 Å². The number of hydrogen-bond acceptors (Lipinski definition) is 5. The Morgan fingerprint density at radius 2 is 2.46 bits per heavy atom. The molecule has 0 saturated carbocycles. The van der Waals surface area contributed by atoms with Crippen molar-refractivity contribution in [2.75, 3.05) is 44.2 Å². The molecule has 3 nitrogen and oxygen atoms in total. The Labute approximate surface area is 87.9 Å².